The zero-order valence-corrected chi connectivity index (χ0v) is 17.0. The van der Waals surface area contributed by atoms with Crippen LogP contribution in [0.1, 0.15) is 55.3 Å². The van der Waals surface area contributed by atoms with Crippen molar-refractivity contribution in [1.82, 2.24) is 4.90 Å². The van der Waals surface area contributed by atoms with Crippen LogP contribution in [0.25, 0.3) is 0 Å². The summed E-state index contributed by atoms with van der Waals surface area (Å²) in [5.74, 6) is -1.72. The molecule has 5 rings (SSSR count). The van der Waals surface area contributed by atoms with Gasteiger partial charge < -0.3 is 30.2 Å². The Balaban J connectivity index is 0.000000159. The maximum absolute atomic E-state index is 12.2. The van der Waals surface area contributed by atoms with Crippen molar-refractivity contribution in [2.45, 2.75) is 57.0 Å². The second-order valence-electron chi connectivity index (χ2n) is 9.05. The number of fused-ring (bicyclic) bond motifs is 2. The van der Waals surface area contributed by atoms with E-state index in [1.54, 1.807) is 0 Å². The lowest BCUT2D eigenvalue weighted by Crippen LogP contribution is -3.20. The summed E-state index contributed by atoms with van der Waals surface area (Å²) in [7, 11) is 0. The van der Waals surface area contributed by atoms with Crippen molar-refractivity contribution < 1.29 is 34.9 Å². The van der Waals surface area contributed by atoms with Gasteiger partial charge >= 0.3 is 5.97 Å². The highest BCUT2D eigenvalue weighted by molar-refractivity contribution is 5.89. The van der Waals surface area contributed by atoms with Crippen LogP contribution in [-0.4, -0.2) is 63.8 Å². The highest BCUT2D eigenvalue weighted by Gasteiger charge is 2.52. The third-order valence-electron chi connectivity index (χ3n) is 7.38. The molecule has 1 aromatic carbocycles. The number of aromatic hydroxyl groups is 2. The number of carboxylic acids is 1. The zero-order valence-electron chi connectivity index (χ0n) is 17.0. The number of piperidine rings is 4. The van der Waals surface area contributed by atoms with E-state index >= 15 is 0 Å². The lowest BCUT2D eigenvalue weighted by Gasteiger charge is -2.56. The number of nitrogens with one attached hydrogen (secondary N) is 1. The fourth-order valence-electron chi connectivity index (χ4n) is 6.20. The lowest BCUT2D eigenvalue weighted by molar-refractivity contribution is -0.946. The normalized spacial score (nSPS) is 32.3. The van der Waals surface area contributed by atoms with Crippen molar-refractivity contribution in [3.63, 3.8) is 0 Å². The number of carboxylic acid groups (broad SMARTS) is 1. The van der Waals surface area contributed by atoms with Gasteiger partial charge in [0.1, 0.15) is 11.5 Å². The summed E-state index contributed by atoms with van der Waals surface area (Å²) in [6, 6.07) is 3.08. The van der Waals surface area contributed by atoms with Gasteiger partial charge in [0, 0.05) is 30.8 Å². The smallest absolute Gasteiger partial charge is 0.335 e. The summed E-state index contributed by atoms with van der Waals surface area (Å²) in [6.45, 7) is 3.89. The molecule has 4 aliphatic heterocycles. The van der Waals surface area contributed by atoms with E-state index in [2.05, 4.69) is 4.90 Å². The number of carbonyl (C=O) groups excluding carboxylic acids is 1. The number of phenolic OH excluding ortho intramolecular Hbond substituents is 2. The Hall–Kier alpha value is -2.48. The molecule has 0 bridgehead atoms. The molecular weight excluding hydrogens is 388 g/mol. The number of hydrogen-bond donors (Lipinski definition) is 4. The molecule has 1 aromatic rings. The molecule has 30 heavy (non-hydrogen) atoms. The van der Waals surface area contributed by atoms with E-state index in [9.17, 15) is 14.7 Å². The van der Waals surface area contributed by atoms with E-state index in [1.165, 1.54) is 45.2 Å². The molecule has 1 amide bonds. The van der Waals surface area contributed by atoms with Gasteiger partial charge in [-0.25, -0.2) is 4.79 Å². The molecule has 0 aliphatic carbocycles. The lowest BCUT2D eigenvalue weighted by atomic mass is 9.68. The van der Waals surface area contributed by atoms with Crippen molar-refractivity contribution >= 4 is 11.9 Å². The Morgan fingerprint density at radius 3 is 2.40 bits per heavy atom. The zero-order chi connectivity index (χ0) is 21.4. The van der Waals surface area contributed by atoms with E-state index in [0.29, 0.717) is 11.9 Å². The first-order valence-corrected chi connectivity index (χ1v) is 11.0. The monoisotopic (exact) mass is 418 g/mol. The minimum atomic E-state index is -1.32. The first kappa shape index (κ1) is 20.8. The topological polar surface area (TPSA) is 126 Å². The number of amides is 1. The summed E-state index contributed by atoms with van der Waals surface area (Å²) in [5.41, 5.74) is -0.329. The van der Waals surface area contributed by atoms with Crippen molar-refractivity contribution in [3.8, 4) is 17.2 Å². The summed E-state index contributed by atoms with van der Waals surface area (Å²) >= 11 is 0. The van der Waals surface area contributed by atoms with Gasteiger partial charge in [0.15, 0.2) is 0 Å². The molecule has 0 saturated carbocycles. The number of hydrogen-bond acceptors (Lipinski definition) is 5. The van der Waals surface area contributed by atoms with Gasteiger partial charge in [-0.15, -0.1) is 0 Å². The third-order valence-corrected chi connectivity index (χ3v) is 7.38. The molecular formula is C22H30N2O6. The Morgan fingerprint density at radius 2 is 1.73 bits per heavy atom. The van der Waals surface area contributed by atoms with Crippen LogP contribution in [0.4, 0.5) is 0 Å². The average Bonchev–Trinajstić information content (AvgIpc) is 2.73. The SMILES string of the molecule is O=C(O)c1cc(O)c([O-])c(O)c1.O=C1CCCC2C3CCC[NH+]4CCCC(CN12)C34. The highest BCUT2D eigenvalue weighted by atomic mass is 16.4. The van der Waals surface area contributed by atoms with Crippen molar-refractivity contribution in [2.24, 2.45) is 11.8 Å². The number of rotatable bonds is 1. The number of quaternary nitrogens is 1. The van der Waals surface area contributed by atoms with E-state index in [0.717, 1.165) is 49.4 Å². The predicted molar refractivity (Wildman–Crippen MR) is 105 cm³/mol. The van der Waals surface area contributed by atoms with E-state index in [-0.39, 0.29) is 5.56 Å². The van der Waals surface area contributed by atoms with Crippen LogP contribution in [0.2, 0.25) is 0 Å². The largest absolute Gasteiger partial charge is 0.867 e. The standard InChI is InChI=1S/C15H24N2O.C7H6O5/c18-14-7-1-6-13-12-5-3-9-16-8-2-4-11(15(12)16)10-17(13)14;8-4-1-3(7(11)12)2-5(9)6(4)10/h11-13,15H,1-10H2;1-2,8-10H,(H,11,12). The van der Waals surface area contributed by atoms with Crippen LogP contribution in [0.15, 0.2) is 12.1 Å². The molecule has 0 aromatic heterocycles. The van der Waals surface area contributed by atoms with E-state index in [4.69, 9.17) is 15.3 Å². The Morgan fingerprint density at radius 1 is 1.07 bits per heavy atom. The second-order valence-corrected chi connectivity index (χ2v) is 9.05. The summed E-state index contributed by atoms with van der Waals surface area (Å²) in [4.78, 5) is 26.7. The minimum Gasteiger partial charge on any atom is -0.867 e. The van der Waals surface area contributed by atoms with Gasteiger partial charge in [-0.2, -0.15) is 0 Å². The maximum atomic E-state index is 12.2. The Kier molecular flexibility index (Phi) is 5.77. The van der Waals surface area contributed by atoms with Gasteiger partial charge in [0.25, 0.3) is 0 Å². The number of nitrogens with zero attached hydrogens (tertiary/aromatic N) is 1. The highest BCUT2D eigenvalue weighted by Crippen LogP contribution is 2.39. The maximum Gasteiger partial charge on any atom is 0.335 e. The summed E-state index contributed by atoms with van der Waals surface area (Å²) in [5, 5.41) is 36.6. The molecule has 8 heteroatoms. The number of carbonyl (C=O) groups is 2. The second kappa shape index (κ2) is 8.34. The summed E-state index contributed by atoms with van der Waals surface area (Å²) < 4.78 is 0. The molecule has 0 radical (unpaired) electrons. The molecule has 4 fully saturated rings. The first-order valence-electron chi connectivity index (χ1n) is 11.0. The fraction of sp³-hybridized carbons (Fsp3) is 0.636. The molecule has 5 unspecified atom stereocenters. The van der Waals surface area contributed by atoms with Crippen molar-refractivity contribution in [3.05, 3.63) is 17.7 Å². The molecule has 164 valence electrons. The number of benzene rings is 1. The van der Waals surface area contributed by atoms with Crippen LogP contribution in [0.5, 0.6) is 17.2 Å². The Labute approximate surface area is 175 Å². The van der Waals surface area contributed by atoms with E-state index < -0.39 is 23.2 Å². The molecule has 4 aliphatic rings. The number of aromatic carboxylic acids is 1. The average molecular weight is 418 g/mol. The van der Waals surface area contributed by atoms with Crippen LogP contribution < -0.4 is 10.0 Å². The molecule has 4 saturated heterocycles. The van der Waals surface area contributed by atoms with Crippen LogP contribution in [-0.2, 0) is 4.79 Å². The van der Waals surface area contributed by atoms with Gasteiger partial charge in [-0.05, 0) is 56.4 Å². The van der Waals surface area contributed by atoms with Crippen molar-refractivity contribution in [2.75, 3.05) is 19.6 Å². The van der Waals surface area contributed by atoms with Crippen LogP contribution in [0, 0.1) is 11.8 Å². The Bertz CT molecular complexity index is 803. The minimum absolute atomic E-state index is 0.329. The molecule has 4 N–H and O–H groups in total. The molecule has 4 heterocycles. The van der Waals surface area contributed by atoms with Crippen molar-refractivity contribution in [1.29, 1.82) is 0 Å². The fourth-order valence-corrected chi connectivity index (χ4v) is 6.20. The van der Waals surface area contributed by atoms with Crippen LogP contribution in [0.3, 0.4) is 0 Å². The predicted octanol–water partition coefficient (Wildman–Crippen LogP) is 0.324. The van der Waals surface area contributed by atoms with Gasteiger partial charge in [-0.1, -0.05) is 0 Å². The molecule has 5 atom stereocenters. The summed E-state index contributed by atoms with van der Waals surface area (Å²) in [6.07, 6.45) is 8.78. The molecule has 8 nitrogen and oxygen atoms in total. The third kappa shape index (κ3) is 3.80. The molecule has 0 spiro atoms. The van der Waals surface area contributed by atoms with E-state index in [1.807, 2.05) is 4.90 Å². The van der Waals surface area contributed by atoms with Crippen LogP contribution >= 0.6 is 0 Å². The number of phenols is 2. The first-order chi connectivity index (χ1) is 14.4. The van der Waals surface area contributed by atoms with Gasteiger partial charge in [0.05, 0.1) is 24.7 Å². The van der Waals surface area contributed by atoms with Gasteiger partial charge in [0.2, 0.25) is 5.91 Å². The quantitative estimate of drug-likeness (QED) is 0.521. The van der Waals surface area contributed by atoms with Gasteiger partial charge in [-0.3, -0.25) is 4.79 Å².